The predicted octanol–water partition coefficient (Wildman–Crippen LogP) is 2.35. The molecule has 1 amide bonds. The SMILES string of the molecule is CCNC(=O)c1ccc(N)c(OC2CC(C)OC(C)C2)c1. The van der Waals surface area contributed by atoms with Crippen LogP contribution in [-0.4, -0.2) is 30.8 Å². The molecule has 5 heteroatoms. The summed E-state index contributed by atoms with van der Waals surface area (Å²) in [5, 5.41) is 2.77. The topological polar surface area (TPSA) is 73.6 Å². The minimum atomic E-state index is -0.115. The van der Waals surface area contributed by atoms with Crippen LogP contribution in [0.25, 0.3) is 0 Å². The third-order valence-electron chi connectivity index (χ3n) is 3.56. The molecule has 3 N–H and O–H groups in total. The minimum absolute atomic E-state index is 0.0653. The van der Waals surface area contributed by atoms with Crippen LogP contribution in [0.1, 0.15) is 44.0 Å². The van der Waals surface area contributed by atoms with Gasteiger partial charge < -0.3 is 20.5 Å². The highest BCUT2D eigenvalue weighted by molar-refractivity contribution is 5.95. The van der Waals surface area contributed by atoms with Gasteiger partial charge in [0.15, 0.2) is 0 Å². The summed E-state index contributed by atoms with van der Waals surface area (Å²) >= 11 is 0. The van der Waals surface area contributed by atoms with E-state index in [2.05, 4.69) is 5.32 Å². The third-order valence-corrected chi connectivity index (χ3v) is 3.56. The van der Waals surface area contributed by atoms with Crippen molar-refractivity contribution >= 4 is 11.6 Å². The molecule has 5 nitrogen and oxygen atoms in total. The zero-order valence-corrected chi connectivity index (χ0v) is 12.9. The van der Waals surface area contributed by atoms with Crippen molar-refractivity contribution in [3.8, 4) is 5.75 Å². The van der Waals surface area contributed by atoms with Gasteiger partial charge in [0, 0.05) is 24.9 Å². The Balaban J connectivity index is 2.11. The maximum absolute atomic E-state index is 11.9. The van der Waals surface area contributed by atoms with Crippen molar-refractivity contribution in [1.82, 2.24) is 5.32 Å². The van der Waals surface area contributed by atoms with Gasteiger partial charge in [-0.3, -0.25) is 4.79 Å². The van der Waals surface area contributed by atoms with E-state index in [1.807, 2.05) is 20.8 Å². The summed E-state index contributed by atoms with van der Waals surface area (Å²) in [7, 11) is 0. The van der Waals surface area contributed by atoms with Gasteiger partial charge in [-0.25, -0.2) is 0 Å². The second kappa shape index (κ2) is 6.80. The summed E-state index contributed by atoms with van der Waals surface area (Å²) in [6.45, 7) is 6.56. The lowest BCUT2D eigenvalue weighted by atomic mass is 10.0. The molecule has 2 rings (SSSR count). The van der Waals surface area contributed by atoms with Crippen LogP contribution < -0.4 is 15.8 Å². The van der Waals surface area contributed by atoms with E-state index >= 15 is 0 Å². The number of carbonyl (C=O) groups excluding carboxylic acids is 1. The Hall–Kier alpha value is -1.75. The van der Waals surface area contributed by atoms with Crippen molar-refractivity contribution in [2.45, 2.75) is 51.9 Å². The van der Waals surface area contributed by atoms with E-state index in [0.29, 0.717) is 23.5 Å². The van der Waals surface area contributed by atoms with Gasteiger partial charge in [0.25, 0.3) is 5.91 Å². The lowest BCUT2D eigenvalue weighted by Crippen LogP contribution is -2.35. The summed E-state index contributed by atoms with van der Waals surface area (Å²) in [6, 6.07) is 5.14. The molecule has 1 aromatic carbocycles. The first-order valence-corrected chi connectivity index (χ1v) is 7.49. The molecule has 21 heavy (non-hydrogen) atoms. The van der Waals surface area contributed by atoms with E-state index in [-0.39, 0.29) is 24.2 Å². The fraction of sp³-hybridized carbons (Fsp3) is 0.562. The first-order valence-electron chi connectivity index (χ1n) is 7.49. The zero-order chi connectivity index (χ0) is 15.4. The van der Waals surface area contributed by atoms with E-state index in [1.54, 1.807) is 18.2 Å². The Morgan fingerprint density at radius 3 is 2.67 bits per heavy atom. The lowest BCUT2D eigenvalue weighted by Gasteiger charge is -2.32. The van der Waals surface area contributed by atoms with Gasteiger partial charge in [0.1, 0.15) is 11.9 Å². The van der Waals surface area contributed by atoms with Gasteiger partial charge in [-0.15, -0.1) is 0 Å². The normalized spacial score (nSPS) is 25.4. The van der Waals surface area contributed by atoms with E-state index in [1.165, 1.54) is 0 Å². The van der Waals surface area contributed by atoms with Crippen LogP contribution in [0.4, 0.5) is 5.69 Å². The molecule has 116 valence electrons. The Morgan fingerprint density at radius 2 is 2.05 bits per heavy atom. The quantitative estimate of drug-likeness (QED) is 0.835. The van der Waals surface area contributed by atoms with Crippen LogP contribution in [0, 0.1) is 0 Å². The Kier molecular flexibility index (Phi) is 5.07. The molecule has 1 aliphatic heterocycles. The maximum atomic E-state index is 11.9. The molecule has 1 saturated heterocycles. The van der Waals surface area contributed by atoms with Crippen molar-refractivity contribution in [3.05, 3.63) is 23.8 Å². The first-order chi connectivity index (χ1) is 9.99. The Morgan fingerprint density at radius 1 is 1.38 bits per heavy atom. The number of benzene rings is 1. The largest absolute Gasteiger partial charge is 0.488 e. The van der Waals surface area contributed by atoms with Gasteiger partial charge in [0.05, 0.1) is 17.9 Å². The summed E-state index contributed by atoms with van der Waals surface area (Å²) in [5.74, 6) is 0.459. The van der Waals surface area contributed by atoms with Crippen LogP contribution in [0.2, 0.25) is 0 Å². The molecule has 0 aromatic heterocycles. The number of nitrogens with one attached hydrogen (secondary N) is 1. The fourth-order valence-electron chi connectivity index (χ4n) is 2.66. The molecule has 1 aromatic rings. The number of hydrogen-bond acceptors (Lipinski definition) is 4. The Labute approximate surface area is 125 Å². The maximum Gasteiger partial charge on any atom is 0.251 e. The number of carbonyl (C=O) groups is 1. The summed E-state index contributed by atoms with van der Waals surface area (Å²) in [5.41, 5.74) is 7.08. The number of amides is 1. The molecular formula is C16H24N2O3. The van der Waals surface area contributed by atoms with Gasteiger partial charge in [-0.05, 0) is 39.0 Å². The molecule has 1 heterocycles. The molecule has 2 unspecified atom stereocenters. The van der Waals surface area contributed by atoms with Gasteiger partial charge >= 0.3 is 0 Å². The van der Waals surface area contributed by atoms with Crippen LogP contribution in [0.3, 0.4) is 0 Å². The third kappa shape index (κ3) is 4.11. The summed E-state index contributed by atoms with van der Waals surface area (Å²) < 4.78 is 11.7. The average molecular weight is 292 g/mol. The number of hydrogen-bond donors (Lipinski definition) is 2. The van der Waals surface area contributed by atoms with Crippen molar-refractivity contribution in [1.29, 1.82) is 0 Å². The van der Waals surface area contributed by atoms with Crippen LogP contribution in [0.5, 0.6) is 5.75 Å². The van der Waals surface area contributed by atoms with E-state index < -0.39 is 0 Å². The smallest absolute Gasteiger partial charge is 0.251 e. The molecule has 2 atom stereocenters. The number of nitrogen functional groups attached to an aromatic ring is 1. The average Bonchev–Trinajstić information content (AvgIpc) is 2.40. The number of nitrogens with two attached hydrogens (primary N) is 1. The lowest BCUT2D eigenvalue weighted by molar-refractivity contribution is -0.0720. The van der Waals surface area contributed by atoms with Gasteiger partial charge in [-0.2, -0.15) is 0 Å². The highest BCUT2D eigenvalue weighted by Gasteiger charge is 2.26. The molecular weight excluding hydrogens is 268 g/mol. The zero-order valence-electron chi connectivity index (χ0n) is 12.9. The van der Waals surface area contributed by atoms with Crippen LogP contribution in [0.15, 0.2) is 18.2 Å². The monoisotopic (exact) mass is 292 g/mol. The number of rotatable bonds is 4. The molecule has 0 bridgehead atoms. The fourth-order valence-corrected chi connectivity index (χ4v) is 2.66. The summed E-state index contributed by atoms with van der Waals surface area (Å²) in [6.07, 6.45) is 2.07. The molecule has 0 aliphatic carbocycles. The minimum Gasteiger partial charge on any atom is -0.488 e. The van der Waals surface area contributed by atoms with Crippen LogP contribution >= 0.6 is 0 Å². The van der Waals surface area contributed by atoms with E-state index in [0.717, 1.165) is 12.8 Å². The second-order valence-corrected chi connectivity index (χ2v) is 5.58. The van der Waals surface area contributed by atoms with Gasteiger partial charge in [-0.1, -0.05) is 0 Å². The highest BCUT2D eigenvalue weighted by Crippen LogP contribution is 2.28. The molecule has 0 saturated carbocycles. The van der Waals surface area contributed by atoms with Gasteiger partial charge in [0.2, 0.25) is 0 Å². The molecule has 0 radical (unpaired) electrons. The predicted molar refractivity (Wildman–Crippen MR) is 82.5 cm³/mol. The number of ether oxygens (including phenoxy) is 2. The van der Waals surface area contributed by atoms with E-state index in [4.69, 9.17) is 15.2 Å². The highest BCUT2D eigenvalue weighted by atomic mass is 16.5. The van der Waals surface area contributed by atoms with E-state index in [9.17, 15) is 4.79 Å². The summed E-state index contributed by atoms with van der Waals surface area (Å²) in [4.78, 5) is 11.9. The van der Waals surface area contributed by atoms with Crippen molar-refractivity contribution in [2.24, 2.45) is 0 Å². The molecule has 1 aliphatic rings. The second-order valence-electron chi connectivity index (χ2n) is 5.58. The van der Waals surface area contributed by atoms with Crippen molar-refractivity contribution in [2.75, 3.05) is 12.3 Å². The first kappa shape index (κ1) is 15.6. The van der Waals surface area contributed by atoms with Crippen molar-refractivity contribution in [3.63, 3.8) is 0 Å². The Bertz CT molecular complexity index is 494. The molecule has 0 spiro atoms. The van der Waals surface area contributed by atoms with Crippen LogP contribution in [-0.2, 0) is 4.74 Å². The van der Waals surface area contributed by atoms with Crippen molar-refractivity contribution < 1.29 is 14.3 Å². The number of anilines is 1. The molecule has 1 fully saturated rings. The standard InChI is InChI=1S/C16H24N2O3/c1-4-18-16(19)12-5-6-14(17)15(9-12)21-13-7-10(2)20-11(3)8-13/h5-6,9-11,13H,4,7-8,17H2,1-3H3,(H,18,19).